The summed E-state index contributed by atoms with van der Waals surface area (Å²) in [7, 11) is 0. The van der Waals surface area contributed by atoms with Gasteiger partial charge in [0.2, 0.25) is 11.7 Å². The number of hydrogen-bond acceptors (Lipinski definition) is 4. The quantitative estimate of drug-likeness (QED) is 0.590. The Morgan fingerprint density at radius 3 is 2.40 bits per heavy atom. The monoisotopic (exact) mass is 368 g/mol. The average Bonchev–Trinajstić information content (AvgIpc) is 3.09. The van der Waals surface area contributed by atoms with Crippen LogP contribution in [0.3, 0.4) is 0 Å². The zero-order valence-corrected chi connectivity index (χ0v) is 13.5. The van der Waals surface area contributed by atoms with Crippen molar-refractivity contribution in [1.82, 2.24) is 10.1 Å². The van der Waals surface area contributed by atoms with Crippen LogP contribution >= 0.6 is 11.6 Å². The summed E-state index contributed by atoms with van der Waals surface area (Å²) in [5.74, 6) is 0.625. The Morgan fingerprint density at radius 1 is 1.04 bits per heavy atom. The molecule has 0 aliphatic heterocycles. The number of nitrogens with zero attached hydrogens (tertiary/aromatic N) is 2. The summed E-state index contributed by atoms with van der Waals surface area (Å²) in [4.78, 5) is 4.09. The topological polar surface area (TPSA) is 48.2 Å². The van der Waals surface area contributed by atoms with E-state index in [1.54, 1.807) is 24.3 Å². The summed E-state index contributed by atoms with van der Waals surface area (Å²) in [6.45, 7) is 0.00650. The largest absolute Gasteiger partial charge is 0.488 e. The maximum absolute atomic E-state index is 12.9. The van der Waals surface area contributed by atoms with Crippen LogP contribution in [0.2, 0.25) is 0 Å². The van der Waals surface area contributed by atoms with E-state index in [1.807, 2.05) is 0 Å². The number of rotatable bonds is 5. The molecule has 0 unspecified atom stereocenters. The zero-order chi connectivity index (χ0) is 17.9. The molecule has 2 aromatic carbocycles. The van der Waals surface area contributed by atoms with E-state index >= 15 is 0 Å². The van der Waals surface area contributed by atoms with Crippen LogP contribution in [-0.2, 0) is 18.7 Å². The lowest BCUT2D eigenvalue weighted by Gasteiger charge is -2.13. The Balaban J connectivity index is 1.71. The van der Waals surface area contributed by atoms with Crippen molar-refractivity contribution in [3.63, 3.8) is 0 Å². The van der Waals surface area contributed by atoms with E-state index in [2.05, 4.69) is 10.1 Å². The average molecular weight is 369 g/mol. The van der Waals surface area contributed by atoms with Crippen LogP contribution in [-0.4, -0.2) is 10.1 Å². The van der Waals surface area contributed by atoms with Crippen LogP contribution in [0.25, 0.3) is 11.4 Å². The predicted molar refractivity (Wildman–Crippen MR) is 85.1 cm³/mol. The molecule has 0 bridgehead atoms. The van der Waals surface area contributed by atoms with Gasteiger partial charge in [-0.15, -0.1) is 11.6 Å². The minimum atomic E-state index is -4.46. The zero-order valence-electron chi connectivity index (χ0n) is 12.8. The van der Waals surface area contributed by atoms with Gasteiger partial charge >= 0.3 is 6.18 Å². The lowest BCUT2D eigenvalue weighted by molar-refractivity contribution is -0.139. The fourth-order valence-electron chi connectivity index (χ4n) is 2.16. The first-order chi connectivity index (χ1) is 12.0. The van der Waals surface area contributed by atoms with Crippen LogP contribution in [0.4, 0.5) is 13.2 Å². The second kappa shape index (κ2) is 7.14. The van der Waals surface area contributed by atoms with Gasteiger partial charge in [-0.05, 0) is 17.7 Å². The van der Waals surface area contributed by atoms with Gasteiger partial charge in [-0.1, -0.05) is 41.6 Å². The molecule has 0 amide bonds. The molecule has 8 heteroatoms. The van der Waals surface area contributed by atoms with Crippen LogP contribution in [0.1, 0.15) is 17.0 Å². The molecule has 130 valence electrons. The summed E-state index contributed by atoms with van der Waals surface area (Å²) in [6.07, 6.45) is -4.46. The Kier molecular flexibility index (Phi) is 4.94. The first-order valence-electron chi connectivity index (χ1n) is 7.24. The highest BCUT2D eigenvalue weighted by atomic mass is 35.5. The van der Waals surface area contributed by atoms with Gasteiger partial charge in [0, 0.05) is 5.56 Å². The highest BCUT2D eigenvalue weighted by molar-refractivity contribution is 6.16. The summed E-state index contributed by atoms with van der Waals surface area (Å²) < 4.78 is 49.1. The molecule has 0 spiro atoms. The van der Waals surface area contributed by atoms with Gasteiger partial charge in [-0.2, -0.15) is 18.2 Å². The molecule has 1 aromatic heterocycles. The summed E-state index contributed by atoms with van der Waals surface area (Å²) in [6, 6.07) is 12.0. The standard InChI is InChI=1S/C17H12ClF3N2O2/c18-9-15-22-16(23-25-15)12-7-5-11(6-8-12)10-24-14-4-2-1-3-13(14)17(19,20)21/h1-8H,9-10H2. The van der Waals surface area contributed by atoms with Gasteiger partial charge in [0.15, 0.2) is 0 Å². The van der Waals surface area contributed by atoms with E-state index < -0.39 is 11.7 Å². The molecule has 0 aliphatic rings. The van der Waals surface area contributed by atoms with Crippen LogP contribution in [0.15, 0.2) is 53.1 Å². The molecule has 0 aliphatic carbocycles. The van der Waals surface area contributed by atoms with Gasteiger partial charge in [0.05, 0.1) is 5.56 Å². The van der Waals surface area contributed by atoms with Crippen molar-refractivity contribution in [1.29, 1.82) is 0 Å². The third kappa shape index (κ3) is 4.11. The van der Waals surface area contributed by atoms with Gasteiger partial charge in [0.25, 0.3) is 0 Å². The molecule has 1 heterocycles. The highest BCUT2D eigenvalue weighted by Crippen LogP contribution is 2.36. The molecule has 4 nitrogen and oxygen atoms in total. The van der Waals surface area contributed by atoms with Gasteiger partial charge in [-0.25, -0.2) is 0 Å². The molecular formula is C17H12ClF3N2O2. The summed E-state index contributed by atoms with van der Waals surface area (Å²) in [5, 5.41) is 3.79. The van der Waals surface area contributed by atoms with Crippen molar-refractivity contribution in [2.24, 2.45) is 0 Å². The Morgan fingerprint density at radius 2 is 1.76 bits per heavy atom. The maximum Gasteiger partial charge on any atom is 0.419 e. The molecule has 25 heavy (non-hydrogen) atoms. The summed E-state index contributed by atoms with van der Waals surface area (Å²) >= 11 is 5.60. The molecule has 0 saturated carbocycles. The maximum atomic E-state index is 12.9. The Hall–Kier alpha value is -2.54. The SMILES string of the molecule is FC(F)(F)c1ccccc1OCc1ccc(-c2noc(CCl)n2)cc1. The van der Waals surface area contributed by atoms with Crippen molar-refractivity contribution in [2.75, 3.05) is 0 Å². The molecule has 0 atom stereocenters. The number of halogens is 4. The van der Waals surface area contributed by atoms with E-state index in [-0.39, 0.29) is 18.2 Å². The third-order valence-electron chi connectivity index (χ3n) is 3.38. The van der Waals surface area contributed by atoms with Crippen molar-refractivity contribution in [3.05, 3.63) is 65.5 Å². The van der Waals surface area contributed by atoms with Crippen molar-refractivity contribution in [2.45, 2.75) is 18.7 Å². The Bertz CT molecular complexity index is 848. The van der Waals surface area contributed by atoms with E-state index in [1.165, 1.54) is 18.2 Å². The van der Waals surface area contributed by atoms with Gasteiger partial charge < -0.3 is 9.26 Å². The van der Waals surface area contributed by atoms with Crippen molar-refractivity contribution >= 4 is 11.6 Å². The first-order valence-corrected chi connectivity index (χ1v) is 7.77. The number of benzene rings is 2. The highest BCUT2D eigenvalue weighted by Gasteiger charge is 2.33. The fourth-order valence-corrected chi connectivity index (χ4v) is 2.27. The molecule has 0 fully saturated rings. The van der Waals surface area contributed by atoms with E-state index in [0.717, 1.165) is 6.07 Å². The molecule has 0 saturated heterocycles. The van der Waals surface area contributed by atoms with Crippen LogP contribution in [0, 0.1) is 0 Å². The smallest absolute Gasteiger partial charge is 0.419 e. The molecule has 3 aromatic rings. The minimum Gasteiger partial charge on any atom is -0.488 e. The number of aromatic nitrogens is 2. The molecule has 3 rings (SSSR count). The number of ether oxygens (including phenoxy) is 1. The van der Waals surface area contributed by atoms with E-state index in [4.69, 9.17) is 20.9 Å². The molecule has 0 N–H and O–H groups in total. The van der Waals surface area contributed by atoms with Crippen LogP contribution < -0.4 is 4.74 Å². The number of para-hydroxylation sites is 1. The molecule has 0 radical (unpaired) electrons. The lowest BCUT2D eigenvalue weighted by Crippen LogP contribution is -2.08. The predicted octanol–water partition coefficient (Wildman–Crippen LogP) is 5.07. The number of alkyl halides is 4. The Labute approximate surface area is 146 Å². The normalized spacial score (nSPS) is 11.5. The van der Waals surface area contributed by atoms with E-state index in [9.17, 15) is 13.2 Å². The summed E-state index contributed by atoms with van der Waals surface area (Å²) in [5.41, 5.74) is 0.619. The van der Waals surface area contributed by atoms with Gasteiger partial charge in [-0.3, -0.25) is 0 Å². The minimum absolute atomic E-state index is 0.00650. The van der Waals surface area contributed by atoms with Crippen molar-refractivity contribution in [3.8, 4) is 17.1 Å². The fraction of sp³-hybridized carbons (Fsp3) is 0.176. The lowest BCUT2D eigenvalue weighted by atomic mass is 10.1. The third-order valence-corrected chi connectivity index (χ3v) is 3.61. The van der Waals surface area contributed by atoms with Gasteiger partial charge in [0.1, 0.15) is 18.2 Å². The van der Waals surface area contributed by atoms with Crippen molar-refractivity contribution < 1.29 is 22.4 Å². The molecular weight excluding hydrogens is 357 g/mol. The second-order valence-corrected chi connectivity index (χ2v) is 5.39. The first kappa shape index (κ1) is 17.3. The number of hydrogen-bond donors (Lipinski definition) is 0. The van der Waals surface area contributed by atoms with Crippen LogP contribution in [0.5, 0.6) is 5.75 Å². The second-order valence-electron chi connectivity index (χ2n) is 5.12. The van der Waals surface area contributed by atoms with E-state index in [0.29, 0.717) is 22.8 Å².